The minimum atomic E-state index is -3.17. The lowest BCUT2D eigenvalue weighted by atomic mass is 9.79. The average Bonchev–Trinajstić information content (AvgIpc) is 2.45. The fourth-order valence-electron chi connectivity index (χ4n) is 2.48. The summed E-state index contributed by atoms with van der Waals surface area (Å²) in [6, 6.07) is 3.71. The third-order valence-electron chi connectivity index (χ3n) is 3.76. The second-order valence-corrected chi connectivity index (χ2v) is 10.7. The van der Waals surface area contributed by atoms with Crippen molar-refractivity contribution < 1.29 is 33.1 Å². The van der Waals surface area contributed by atoms with E-state index in [1.54, 1.807) is 6.07 Å². The van der Waals surface area contributed by atoms with Crippen LogP contribution in [0.2, 0.25) is 0 Å². The molecule has 1 aromatic rings. The van der Waals surface area contributed by atoms with Gasteiger partial charge in [-0.3, -0.25) is 4.57 Å². The highest BCUT2D eigenvalue weighted by atomic mass is 31.2. The van der Waals surface area contributed by atoms with E-state index in [1.165, 1.54) is 14.2 Å². The Kier molecular flexibility index (Phi) is 9.11. The van der Waals surface area contributed by atoms with Gasteiger partial charge in [0.2, 0.25) is 0 Å². The minimum Gasteiger partial charge on any atom is -0.508 e. The van der Waals surface area contributed by atoms with E-state index in [0.717, 1.165) is 16.7 Å². The second-order valence-electron chi connectivity index (χ2n) is 7.91. The number of benzene rings is 1. The first-order valence-electron chi connectivity index (χ1n) is 7.99. The molecule has 26 heavy (non-hydrogen) atoms. The van der Waals surface area contributed by atoms with Gasteiger partial charge in [-0.15, -0.1) is 9.79 Å². The predicted molar refractivity (Wildman–Crippen MR) is 103 cm³/mol. The van der Waals surface area contributed by atoms with E-state index in [1.807, 2.05) is 26.8 Å². The summed E-state index contributed by atoms with van der Waals surface area (Å²) in [6.45, 7) is 12.3. The lowest BCUT2D eigenvalue weighted by molar-refractivity contribution is 0.274. The molecule has 1 rings (SSSR count). The number of aromatic hydroxyl groups is 1. The Hall–Kier alpha value is -0.810. The highest BCUT2D eigenvalue weighted by molar-refractivity contribution is 7.52. The van der Waals surface area contributed by atoms with Crippen molar-refractivity contribution in [1.29, 1.82) is 0 Å². The van der Waals surface area contributed by atoms with E-state index in [0.29, 0.717) is 0 Å². The molecule has 9 heteroatoms. The molecule has 0 bridgehead atoms. The number of phenolic OH excluding ortho intramolecular Hbond substituents is 1. The summed E-state index contributed by atoms with van der Waals surface area (Å²) in [6.07, 6.45) is 0.190. The first-order chi connectivity index (χ1) is 11.6. The Balaban J connectivity index is 0.00000141. The summed E-state index contributed by atoms with van der Waals surface area (Å²) in [5.74, 6) is 0.269. The molecule has 0 fully saturated rings. The number of rotatable bonds is 4. The van der Waals surface area contributed by atoms with Gasteiger partial charge in [0.15, 0.2) is 0 Å². The second kappa shape index (κ2) is 9.41. The Morgan fingerprint density at radius 1 is 0.962 bits per heavy atom. The molecule has 0 aliphatic rings. The summed E-state index contributed by atoms with van der Waals surface area (Å²) in [7, 11) is -3.25. The molecule has 0 atom stereocenters. The van der Waals surface area contributed by atoms with Gasteiger partial charge >= 0.3 is 15.9 Å². The van der Waals surface area contributed by atoms with Gasteiger partial charge < -0.3 is 14.2 Å². The molecule has 3 N–H and O–H groups in total. The molecule has 1 aromatic carbocycles. The molecule has 0 aromatic heterocycles. The van der Waals surface area contributed by atoms with E-state index < -0.39 is 15.9 Å². The summed E-state index contributed by atoms with van der Waals surface area (Å²) < 4.78 is 31.4. The maximum atomic E-state index is 12.5. The van der Waals surface area contributed by atoms with Crippen LogP contribution in [0.1, 0.15) is 58.2 Å². The molecular formula is C17H31O7P2+. The van der Waals surface area contributed by atoms with Crippen LogP contribution >= 0.6 is 15.9 Å². The van der Waals surface area contributed by atoms with Crippen LogP contribution in [0, 0.1) is 0 Å². The lowest BCUT2D eigenvalue weighted by Crippen LogP contribution is -2.18. The molecule has 0 heterocycles. The summed E-state index contributed by atoms with van der Waals surface area (Å²) in [5.41, 5.74) is 2.28. The van der Waals surface area contributed by atoms with Crippen molar-refractivity contribution in [1.82, 2.24) is 0 Å². The van der Waals surface area contributed by atoms with Crippen molar-refractivity contribution in [2.75, 3.05) is 14.2 Å². The largest absolute Gasteiger partial charge is 0.692 e. The van der Waals surface area contributed by atoms with Crippen molar-refractivity contribution in [3.8, 4) is 5.75 Å². The van der Waals surface area contributed by atoms with Crippen molar-refractivity contribution in [2.45, 2.75) is 58.5 Å². The van der Waals surface area contributed by atoms with Crippen LogP contribution in [0.5, 0.6) is 5.75 Å². The van der Waals surface area contributed by atoms with Crippen LogP contribution in [-0.4, -0.2) is 29.1 Å². The predicted octanol–water partition coefficient (Wildman–Crippen LogP) is 4.60. The highest BCUT2D eigenvalue weighted by Gasteiger charge is 2.29. The van der Waals surface area contributed by atoms with Gasteiger partial charge in [0.1, 0.15) is 5.75 Å². The molecule has 0 spiro atoms. The molecule has 0 saturated carbocycles. The maximum absolute atomic E-state index is 12.5. The van der Waals surface area contributed by atoms with Gasteiger partial charge in [0, 0.05) is 18.8 Å². The fourth-order valence-corrected chi connectivity index (χ4v) is 3.56. The quantitative estimate of drug-likeness (QED) is 0.623. The number of phenols is 1. The Bertz CT molecular complexity index is 661. The molecule has 0 radical (unpaired) electrons. The van der Waals surface area contributed by atoms with E-state index in [4.69, 9.17) is 23.4 Å². The summed E-state index contributed by atoms with van der Waals surface area (Å²) in [5, 5.41) is 10.4. The van der Waals surface area contributed by atoms with Gasteiger partial charge in [-0.05, 0) is 33.6 Å². The van der Waals surface area contributed by atoms with E-state index in [-0.39, 0.29) is 22.7 Å². The van der Waals surface area contributed by atoms with Crippen LogP contribution < -0.4 is 0 Å². The molecule has 0 amide bonds. The topological polar surface area (TPSA) is 113 Å². The van der Waals surface area contributed by atoms with Gasteiger partial charge in [-0.2, -0.15) is 0 Å². The first-order valence-corrected chi connectivity index (χ1v) is 10.9. The summed E-state index contributed by atoms with van der Waals surface area (Å²) in [4.78, 5) is 14.2. The van der Waals surface area contributed by atoms with Crippen molar-refractivity contribution >= 4 is 15.9 Å². The monoisotopic (exact) mass is 409 g/mol. The zero-order valence-electron chi connectivity index (χ0n) is 16.7. The number of hydrogen-bond acceptors (Lipinski definition) is 5. The van der Waals surface area contributed by atoms with Gasteiger partial charge in [-0.25, -0.2) is 0 Å². The number of hydrogen-bond donors (Lipinski definition) is 3. The van der Waals surface area contributed by atoms with Crippen molar-refractivity contribution in [3.05, 3.63) is 28.8 Å². The molecule has 0 saturated heterocycles. The average molecular weight is 409 g/mol. The highest BCUT2D eigenvalue weighted by Crippen LogP contribution is 2.52. The third-order valence-corrected chi connectivity index (χ3v) is 5.60. The van der Waals surface area contributed by atoms with Crippen LogP contribution in [0.25, 0.3) is 0 Å². The third kappa shape index (κ3) is 7.83. The fraction of sp³-hybridized carbons (Fsp3) is 0.647. The van der Waals surface area contributed by atoms with E-state index in [2.05, 4.69) is 20.8 Å². The van der Waals surface area contributed by atoms with Gasteiger partial charge in [0.05, 0.1) is 6.16 Å². The normalized spacial score (nSPS) is 12.4. The van der Waals surface area contributed by atoms with Crippen LogP contribution in [-0.2, 0) is 35.2 Å². The molecular weight excluding hydrogens is 378 g/mol. The van der Waals surface area contributed by atoms with Crippen LogP contribution in [0.4, 0.5) is 0 Å². The Labute approximate surface area is 156 Å². The molecule has 7 nitrogen and oxygen atoms in total. The SMILES string of the molecule is COP(=O)(Cc1cc(C(C)(C)C)c(O)cc1C(C)(C)C)OC.O=[P+](O)O. The molecule has 0 aliphatic heterocycles. The van der Waals surface area contributed by atoms with Crippen molar-refractivity contribution in [2.24, 2.45) is 0 Å². The molecule has 0 aliphatic carbocycles. The minimum absolute atomic E-state index is 0.185. The Morgan fingerprint density at radius 2 is 1.35 bits per heavy atom. The van der Waals surface area contributed by atoms with Crippen LogP contribution in [0.3, 0.4) is 0 Å². The van der Waals surface area contributed by atoms with Crippen LogP contribution in [0.15, 0.2) is 12.1 Å². The van der Waals surface area contributed by atoms with E-state index in [9.17, 15) is 9.67 Å². The van der Waals surface area contributed by atoms with Gasteiger partial charge in [0.25, 0.3) is 0 Å². The lowest BCUT2D eigenvalue weighted by Gasteiger charge is -2.28. The van der Waals surface area contributed by atoms with Crippen molar-refractivity contribution in [3.63, 3.8) is 0 Å². The zero-order valence-corrected chi connectivity index (χ0v) is 18.5. The zero-order chi connectivity index (χ0) is 20.9. The maximum Gasteiger partial charge on any atom is 0.692 e. The van der Waals surface area contributed by atoms with Gasteiger partial charge in [-0.1, -0.05) is 47.6 Å². The standard InChI is InChI=1S/C17H29O4P.HO3P/c1-16(2,3)13-10-15(18)14(17(4,5)6)9-12(13)11-22(19,20-7)21-8;1-4(2)3/h9-10,18H,11H2,1-8H3;(H-,1,2,3)/p+1. The molecule has 0 unspecified atom stereocenters. The summed E-state index contributed by atoms with van der Waals surface area (Å²) >= 11 is 0. The first kappa shape index (κ1) is 25.2. The molecule has 150 valence electrons. The Morgan fingerprint density at radius 3 is 1.65 bits per heavy atom. The smallest absolute Gasteiger partial charge is 0.508 e. The van der Waals surface area contributed by atoms with E-state index >= 15 is 0 Å².